The van der Waals surface area contributed by atoms with Gasteiger partial charge in [-0.1, -0.05) is 140 Å². The van der Waals surface area contributed by atoms with Gasteiger partial charge in [-0.3, -0.25) is 19.9 Å². The van der Waals surface area contributed by atoms with Gasteiger partial charge in [0.2, 0.25) is 0 Å². The Morgan fingerprint density at radius 2 is 0.552 bits per heavy atom. The summed E-state index contributed by atoms with van der Waals surface area (Å²) in [6, 6.07) is 73.0. The molecule has 310 valence electrons. The van der Waals surface area contributed by atoms with E-state index in [1.54, 1.807) is 24.8 Å². The van der Waals surface area contributed by atoms with Crippen LogP contribution in [0, 0.1) is 0 Å². The van der Waals surface area contributed by atoms with Gasteiger partial charge >= 0.3 is 0 Å². The minimum Gasteiger partial charge on any atom is -0.309 e. The fourth-order valence-electron chi connectivity index (χ4n) is 10.6. The van der Waals surface area contributed by atoms with Gasteiger partial charge in [0.25, 0.3) is 0 Å². The third kappa shape index (κ3) is 5.88. The second kappa shape index (κ2) is 14.7. The lowest BCUT2D eigenvalue weighted by molar-refractivity contribution is 1.18. The molecule has 0 aliphatic heterocycles. The molecule has 0 saturated heterocycles. The number of aromatic nitrogens is 5. The van der Waals surface area contributed by atoms with E-state index >= 15 is 0 Å². The molecule has 5 heteroatoms. The number of fused-ring (bicyclic) bond motifs is 15. The van der Waals surface area contributed by atoms with E-state index in [0.29, 0.717) is 0 Å². The van der Waals surface area contributed by atoms with Crippen LogP contribution in [-0.4, -0.2) is 24.5 Å². The zero-order chi connectivity index (χ0) is 44.0. The van der Waals surface area contributed by atoms with Crippen molar-refractivity contribution in [2.24, 2.45) is 0 Å². The van der Waals surface area contributed by atoms with Crippen molar-refractivity contribution in [2.75, 3.05) is 0 Å². The molecule has 11 aromatic carbocycles. The molecule has 0 saturated carbocycles. The van der Waals surface area contributed by atoms with Crippen molar-refractivity contribution >= 4 is 87.0 Å². The highest BCUT2D eigenvalue weighted by atomic mass is 15.0. The molecule has 0 amide bonds. The van der Waals surface area contributed by atoms with E-state index in [9.17, 15) is 0 Å². The molecule has 14 rings (SSSR count). The zero-order valence-electron chi connectivity index (χ0n) is 36.1. The van der Waals surface area contributed by atoms with E-state index in [1.807, 2.05) is 0 Å². The van der Waals surface area contributed by atoms with E-state index in [1.165, 1.54) is 76.7 Å². The van der Waals surface area contributed by atoms with Gasteiger partial charge < -0.3 is 4.57 Å². The maximum atomic E-state index is 4.78. The van der Waals surface area contributed by atoms with Crippen LogP contribution < -0.4 is 0 Å². The molecule has 5 nitrogen and oxygen atoms in total. The van der Waals surface area contributed by atoms with Crippen molar-refractivity contribution < 1.29 is 0 Å². The lowest BCUT2D eigenvalue weighted by Gasteiger charge is -2.12. The van der Waals surface area contributed by atoms with E-state index in [0.717, 1.165) is 60.4 Å². The van der Waals surface area contributed by atoms with Crippen molar-refractivity contribution in [3.05, 3.63) is 225 Å². The number of rotatable bonds is 5. The molecule has 3 heterocycles. The Labute approximate surface area is 384 Å². The van der Waals surface area contributed by atoms with Gasteiger partial charge in [0.15, 0.2) is 0 Å². The summed E-state index contributed by atoms with van der Waals surface area (Å²) in [6.07, 6.45) is 7.13. The van der Waals surface area contributed by atoms with Gasteiger partial charge in [0.1, 0.15) is 0 Å². The monoisotopic (exact) mass is 851 g/mol. The highest BCUT2D eigenvalue weighted by molar-refractivity contribution is 6.25. The lowest BCUT2D eigenvalue weighted by Crippen LogP contribution is -1.93. The maximum Gasteiger partial charge on any atom is 0.0971 e. The summed E-state index contributed by atoms with van der Waals surface area (Å²) < 4.78 is 2.39. The van der Waals surface area contributed by atoms with Crippen LogP contribution in [0.2, 0.25) is 0 Å². The first-order valence-electron chi connectivity index (χ1n) is 22.7. The summed E-state index contributed by atoms with van der Waals surface area (Å²) >= 11 is 0. The van der Waals surface area contributed by atoms with Crippen LogP contribution in [0.4, 0.5) is 0 Å². The second-order valence-electron chi connectivity index (χ2n) is 17.4. The minimum absolute atomic E-state index is 0.930. The Kier molecular flexibility index (Phi) is 8.21. The predicted molar refractivity (Wildman–Crippen MR) is 279 cm³/mol. The Hall–Kier alpha value is -9.06. The van der Waals surface area contributed by atoms with Gasteiger partial charge in [-0.15, -0.1) is 0 Å². The van der Waals surface area contributed by atoms with Crippen molar-refractivity contribution in [1.82, 2.24) is 24.5 Å². The molecule has 0 N–H and O–H groups in total. The van der Waals surface area contributed by atoms with Crippen LogP contribution in [-0.2, 0) is 0 Å². The Bertz CT molecular complexity index is 4010. The Morgan fingerprint density at radius 1 is 0.224 bits per heavy atom. The SMILES string of the molecule is c1ccc(-n2c3ccc(-c4cccc(-c5ccc6c(c5)c5ccccc5c5nccnc65)c4)cc3c3cc(-c4cccc(-c5ccc6c(c5)c5ccccc5c5nccnc65)c4)ccc32)cc1. The molecular weight excluding hydrogens is 815 g/mol. The number of hydrogen-bond acceptors (Lipinski definition) is 4. The predicted octanol–water partition coefficient (Wildman–Crippen LogP) is 16.0. The summed E-state index contributed by atoms with van der Waals surface area (Å²) in [4.78, 5) is 19.0. The molecule has 0 spiro atoms. The van der Waals surface area contributed by atoms with E-state index < -0.39 is 0 Å². The minimum atomic E-state index is 0.930. The highest BCUT2D eigenvalue weighted by Crippen LogP contribution is 2.41. The van der Waals surface area contributed by atoms with Crippen LogP contribution in [0.15, 0.2) is 225 Å². The lowest BCUT2D eigenvalue weighted by atomic mass is 9.93. The molecule has 14 aromatic rings. The number of hydrogen-bond donors (Lipinski definition) is 0. The molecule has 0 unspecified atom stereocenters. The van der Waals surface area contributed by atoms with Crippen molar-refractivity contribution in [1.29, 1.82) is 0 Å². The maximum absolute atomic E-state index is 4.78. The van der Waals surface area contributed by atoms with E-state index in [4.69, 9.17) is 19.9 Å². The molecular formula is C62H37N5. The first-order valence-corrected chi connectivity index (χ1v) is 22.7. The topological polar surface area (TPSA) is 56.5 Å². The van der Waals surface area contributed by atoms with Gasteiger partial charge in [0, 0.05) is 62.8 Å². The third-order valence-electron chi connectivity index (χ3n) is 13.7. The van der Waals surface area contributed by atoms with Crippen molar-refractivity contribution in [3.8, 4) is 50.2 Å². The molecule has 0 aliphatic rings. The average molecular weight is 852 g/mol. The first-order chi connectivity index (χ1) is 33.2. The van der Waals surface area contributed by atoms with Gasteiger partial charge in [-0.05, 0) is 127 Å². The van der Waals surface area contributed by atoms with Crippen LogP contribution in [0.5, 0.6) is 0 Å². The molecule has 0 radical (unpaired) electrons. The van der Waals surface area contributed by atoms with Crippen LogP contribution in [0.1, 0.15) is 0 Å². The quantitative estimate of drug-likeness (QED) is 0.162. The second-order valence-corrected chi connectivity index (χ2v) is 17.4. The molecule has 0 aliphatic carbocycles. The van der Waals surface area contributed by atoms with E-state index in [-0.39, 0.29) is 0 Å². The standard InChI is InChI=1S/C62H37N5/c1-2-14-46(15-3-1)67-57-26-22-44(40-12-8-10-38(32-40)42-20-24-51-53(34-42)47-16-4-6-18-49(47)59-61(51)65-30-28-63-59)36-55(57)56-37-45(23-27-58(56)67)41-13-9-11-39(33-41)43-21-25-52-54(35-43)48-17-5-7-19-50(48)60-62(52)66-31-29-64-60/h1-37H. The Balaban J connectivity index is 0.890. The summed E-state index contributed by atoms with van der Waals surface area (Å²) in [5.74, 6) is 0. The number of nitrogens with zero attached hydrogens (tertiary/aromatic N) is 5. The van der Waals surface area contributed by atoms with Crippen molar-refractivity contribution in [2.45, 2.75) is 0 Å². The molecule has 3 aromatic heterocycles. The summed E-state index contributed by atoms with van der Waals surface area (Å²) in [6.45, 7) is 0. The van der Waals surface area contributed by atoms with Gasteiger partial charge in [-0.25, -0.2) is 0 Å². The average Bonchev–Trinajstić information content (AvgIpc) is 3.74. The number of para-hydroxylation sites is 1. The van der Waals surface area contributed by atoms with Gasteiger partial charge in [0.05, 0.1) is 33.1 Å². The molecule has 0 atom stereocenters. The summed E-state index contributed by atoms with van der Waals surface area (Å²) in [7, 11) is 0. The van der Waals surface area contributed by atoms with Crippen molar-refractivity contribution in [3.63, 3.8) is 0 Å². The van der Waals surface area contributed by atoms with Crippen LogP contribution >= 0.6 is 0 Å². The molecule has 67 heavy (non-hydrogen) atoms. The van der Waals surface area contributed by atoms with E-state index in [2.05, 4.69) is 205 Å². The third-order valence-corrected chi connectivity index (χ3v) is 13.7. The normalized spacial score (nSPS) is 11.9. The summed E-state index contributed by atoms with van der Waals surface area (Å²) in [5, 5.41) is 11.6. The van der Waals surface area contributed by atoms with Crippen LogP contribution in [0.25, 0.3) is 137 Å². The fourth-order valence-corrected chi connectivity index (χ4v) is 10.6. The molecule has 0 bridgehead atoms. The summed E-state index contributed by atoms with van der Waals surface area (Å²) in [5.41, 5.74) is 16.5. The van der Waals surface area contributed by atoms with Crippen LogP contribution in [0.3, 0.4) is 0 Å². The molecule has 0 fully saturated rings. The highest BCUT2D eigenvalue weighted by Gasteiger charge is 2.17. The Morgan fingerprint density at radius 3 is 0.970 bits per heavy atom. The number of benzene rings is 11. The fraction of sp³-hybridized carbons (Fsp3) is 0. The smallest absolute Gasteiger partial charge is 0.0971 e. The largest absolute Gasteiger partial charge is 0.309 e. The zero-order valence-corrected chi connectivity index (χ0v) is 36.1. The van der Waals surface area contributed by atoms with Gasteiger partial charge in [-0.2, -0.15) is 0 Å². The first kappa shape index (κ1) is 37.3.